The van der Waals surface area contributed by atoms with Crippen molar-refractivity contribution in [1.29, 1.82) is 0 Å². The van der Waals surface area contributed by atoms with Gasteiger partial charge in [-0.3, -0.25) is 0 Å². The summed E-state index contributed by atoms with van der Waals surface area (Å²) in [5.41, 5.74) is 3.51. The molecule has 1 N–H and O–H groups in total. The molecule has 1 aromatic rings. The molecule has 0 spiro atoms. The molecular weight excluding hydrogens is 246 g/mol. The maximum absolute atomic E-state index is 12.2. The highest BCUT2D eigenvalue weighted by Gasteiger charge is 2.34. The van der Waals surface area contributed by atoms with Crippen molar-refractivity contribution in [1.82, 2.24) is 5.32 Å². The summed E-state index contributed by atoms with van der Waals surface area (Å²) in [6.07, 6.45) is 0.615. The van der Waals surface area contributed by atoms with E-state index in [1.54, 1.807) is 0 Å². The molecule has 3 nitrogen and oxygen atoms in total. The Hall–Kier alpha value is -0.870. The third-order valence-electron chi connectivity index (χ3n) is 3.80. The SMILES string of the molecule is Cc1ccc(C)c(CC2C(C)NCCS2(=O)=O)c1. The maximum Gasteiger partial charge on any atom is 0.156 e. The molecular formula is C14H21NO2S. The van der Waals surface area contributed by atoms with E-state index in [4.69, 9.17) is 0 Å². The smallest absolute Gasteiger partial charge is 0.156 e. The summed E-state index contributed by atoms with van der Waals surface area (Å²) in [4.78, 5) is 0. The zero-order valence-electron chi connectivity index (χ0n) is 11.2. The first-order chi connectivity index (χ1) is 8.40. The van der Waals surface area contributed by atoms with Crippen LogP contribution in [-0.2, 0) is 16.3 Å². The fraction of sp³-hybridized carbons (Fsp3) is 0.571. The summed E-state index contributed by atoms with van der Waals surface area (Å²) in [5, 5.41) is 2.96. The van der Waals surface area contributed by atoms with Crippen molar-refractivity contribution in [2.24, 2.45) is 0 Å². The van der Waals surface area contributed by atoms with Gasteiger partial charge in [0, 0.05) is 12.6 Å². The van der Waals surface area contributed by atoms with Crippen molar-refractivity contribution in [3.8, 4) is 0 Å². The molecule has 2 atom stereocenters. The van der Waals surface area contributed by atoms with Gasteiger partial charge in [0.25, 0.3) is 0 Å². The van der Waals surface area contributed by atoms with E-state index in [1.165, 1.54) is 11.1 Å². The van der Waals surface area contributed by atoms with Crippen LogP contribution in [0.25, 0.3) is 0 Å². The van der Waals surface area contributed by atoms with Crippen molar-refractivity contribution in [2.45, 2.75) is 38.5 Å². The minimum absolute atomic E-state index is 0.0312. The molecule has 0 saturated carbocycles. The summed E-state index contributed by atoms with van der Waals surface area (Å²) >= 11 is 0. The number of hydrogen-bond acceptors (Lipinski definition) is 3. The Kier molecular flexibility index (Phi) is 3.78. The van der Waals surface area contributed by atoms with Crippen LogP contribution in [0.15, 0.2) is 18.2 Å². The third-order valence-corrected chi connectivity index (χ3v) is 6.07. The van der Waals surface area contributed by atoms with Gasteiger partial charge in [-0.2, -0.15) is 0 Å². The van der Waals surface area contributed by atoms with Gasteiger partial charge in [-0.1, -0.05) is 23.8 Å². The molecule has 1 aliphatic rings. The van der Waals surface area contributed by atoms with E-state index in [-0.39, 0.29) is 17.0 Å². The average Bonchev–Trinajstić information content (AvgIpc) is 2.28. The Balaban J connectivity index is 2.29. The van der Waals surface area contributed by atoms with Gasteiger partial charge in [0.2, 0.25) is 0 Å². The molecule has 2 unspecified atom stereocenters. The standard InChI is InChI=1S/C14H21NO2S/c1-10-4-5-11(2)13(8-10)9-14-12(3)15-6-7-18(14,16)17/h4-5,8,12,14-15H,6-7,9H2,1-3H3. The van der Waals surface area contributed by atoms with E-state index >= 15 is 0 Å². The van der Waals surface area contributed by atoms with E-state index in [1.807, 2.05) is 20.8 Å². The monoisotopic (exact) mass is 267 g/mol. The molecule has 0 bridgehead atoms. The summed E-state index contributed by atoms with van der Waals surface area (Å²) in [6, 6.07) is 6.27. The predicted octanol–water partition coefficient (Wildman–Crippen LogP) is 1.62. The van der Waals surface area contributed by atoms with Gasteiger partial charge in [0.1, 0.15) is 0 Å². The Labute approximate surface area is 110 Å². The second-order valence-electron chi connectivity index (χ2n) is 5.28. The molecule has 4 heteroatoms. The van der Waals surface area contributed by atoms with Gasteiger partial charge in [-0.15, -0.1) is 0 Å². The van der Waals surface area contributed by atoms with Crippen LogP contribution in [0.4, 0.5) is 0 Å². The number of aryl methyl sites for hydroxylation is 2. The lowest BCUT2D eigenvalue weighted by Crippen LogP contribution is -2.51. The highest BCUT2D eigenvalue weighted by atomic mass is 32.2. The van der Waals surface area contributed by atoms with Crippen molar-refractivity contribution in [3.63, 3.8) is 0 Å². The molecule has 0 radical (unpaired) electrons. The largest absolute Gasteiger partial charge is 0.312 e. The van der Waals surface area contributed by atoms with E-state index in [0.29, 0.717) is 13.0 Å². The summed E-state index contributed by atoms with van der Waals surface area (Å²) < 4.78 is 24.3. The van der Waals surface area contributed by atoms with Crippen molar-refractivity contribution in [2.75, 3.05) is 12.3 Å². The lowest BCUT2D eigenvalue weighted by atomic mass is 9.99. The molecule has 0 aromatic heterocycles. The number of nitrogens with one attached hydrogen (secondary N) is 1. The lowest BCUT2D eigenvalue weighted by Gasteiger charge is -2.30. The molecule has 18 heavy (non-hydrogen) atoms. The molecule has 1 heterocycles. The van der Waals surface area contributed by atoms with E-state index in [9.17, 15) is 8.42 Å². The highest BCUT2D eigenvalue weighted by Crippen LogP contribution is 2.20. The molecule has 1 aromatic carbocycles. The fourth-order valence-corrected chi connectivity index (χ4v) is 4.42. The Morgan fingerprint density at radius 1 is 1.33 bits per heavy atom. The van der Waals surface area contributed by atoms with Crippen LogP contribution >= 0.6 is 0 Å². The zero-order valence-corrected chi connectivity index (χ0v) is 12.0. The second kappa shape index (κ2) is 5.02. The zero-order chi connectivity index (χ0) is 13.3. The van der Waals surface area contributed by atoms with Crippen LogP contribution in [0.2, 0.25) is 0 Å². The van der Waals surface area contributed by atoms with Crippen LogP contribution in [-0.4, -0.2) is 32.0 Å². The van der Waals surface area contributed by atoms with E-state index in [0.717, 1.165) is 5.56 Å². The topological polar surface area (TPSA) is 46.2 Å². The van der Waals surface area contributed by atoms with Gasteiger partial charge in [0.05, 0.1) is 11.0 Å². The average molecular weight is 267 g/mol. The first-order valence-corrected chi connectivity index (χ1v) is 8.13. The van der Waals surface area contributed by atoms with Crippen molar-refractivity contribution >= 4 is 9.84 Å². The first-order valence-electron chi connectivity index (χ1n) is 6.41. The molecule has 1 fully saturated rings. The number of hydrogen-bond donors (Lipinski definition) is 1. The van der Waals surface area contributed by atoms with Crippen LogP contribution in [0.3, 0.4) is 0 Å². The summed E-state index contributed by atoms with van der Waals surface area (Å²) in [6.45, 7) is 6.63. The number of benzene rings is 1. The van der Waals surface area contributed by atoms with Crippen LogP contribution in [0.1, 0.15) is 23.6 Å². The summed E-state index contributed by atoms with van der Waals surface area (Å²) in [5.74, 6) is 0.257. The Bertz CT molecular complexity index is 537. The van der Waals surface area contributed by atoms with Crippen LogP contribution in [0, 0.1) is 13.8 Å². The van der Waals surface area contributed by atoms with E-state index < -0.39 is 9.84 Å². The Morgan fingerprint density at radius 2 is 2.06 bits per heavy atom. The third kappa shape index (κ3) is 2.75. The molecule has 1 aliphatic heterocycles. The van der Waals surface area contributed by atoms with Crippen LogP contribution < -0.4 is 5.32 Å². The highest BCUT2D eigenvalue weighted by molar-refractivity contribution is 7.92. The normalized spacial score (nSPS) is 27.1. The van der Waals surface area contributed by atoms with Gasteiger partial charge in [0.15, 0.2) is 9.84 Å². The fourth-order valence-electron chi connectivity index (χ4n) is 2.56. The van der Waals surface area contributed by atoms with E-state index in [2.05, 4.69) is 23.5 Å². The van der Waals surface area contributed by atoms with Crippen molar-refractivity contribution < 1.29 is 8.42 Å². The number of rotatable bonds is 2. The molecule has 0 amide bonds. The number of sulfone groups is 1. The summed E-state index contributed by atoms with van der Waals surface area (Å²) in [7, 11) is -2.96. The van der Waals surface area contributed by atoms with Crippen molar-refractivity contribution in [3.05, 3.63) is 34.9 Å². The second-order valence-corrected chi connectivity index (χ2v) is 7.62. The van der Waals surface area contributed by atoms with Crippen LogP contribution in [0.5, 0.6) is 0 Å². The first kappa shape index (κ1) is 13.6. The van der Waals surface area contributed by atoms with Gasteiger partial charge >= 0.3 is 0 Å². The Morgan fingerprint density at radius 3 is 2.72 bits per heavy atom. The van der Waals surface area contributed by atoms with Gasteiger partial charge in [-0.05, 0) is 38.3 Å². The van der Waals surface area contributed by atoms with Gasteiger partial charge < -0.3 is 5.32 Å². The molecule has 1 saturated heterocycles. The van der Waals surface area contributed by atoms with Gasteiger partial charge in [-0.25, -0.2) is 8.42 Å². The lowest BCUT2D eigenvalue weighted by molar-refractivity contribution is 0.477. The molecule has 100 valence electrons. The quantitative estimate of drug-likeness (QED) is 0.885. The molecule has 0 aliphatic carbocycles. The minimum atomic E-state index is -2.96. The predicted molar refractivity (Wildman–Crippen MR) is 74.7 cm³/mol. The maximum atomic E-state index is 12.2. The minimum Gasteiger partial charge on any atom is -0.312 e. The molecule has 2 rings (SSSR count).